The monoisotopic (exact) mass is 412 g/mol. The molecule has 0 aliphatic carbocycles. The van der Waals surface area contributed by atoms with E-state index in [0.717, 1.165) is 12.1 Å². The Bertz CT molecular complexity index is 1020. The quantitative estimate of drug-likeness (QED) is 0.654. The second-order valence-corrected chi connectivity index (χ2v) is 6.43. The summed E-state index contributed by atoms with van der Waals surface area (Å²) < 4.78 is 46.0. The molecule has 1 aromatic carbocycles. The highest BCUT2D eigenvalue weighted by atomic mass is 32.1. The molecule has 0 atom stereocenters. The molecule has 9 nitrogen and oxygen atoms in total. The molecule has 0 amide bonds. The maximum absolute atomic E-state index is 13.0. The summed E-state index contributed by atoms with van der Waals surface area (Å²) >= 11 is 5.19. The Morgan fingerprint density at radius 2 is 2.00 bits per heavy atom. The molecular weight excluding hydrogens is 397 g/mol. The van der Waals surface area contributed by atoms with Crippen molar-refractivity contribution >= 4 is 18.2 Å². The van der Waals surface area contributed by atoms with Gasteiger partial charge in [0.25, 0.3) is 5.95 Å². The van der Waals surface area contributed by atoms with Gasteiger partial charge >= 0.3 is 6.18 Å². The number of morpholine rings is 1. The summed E-state index contributed by atoms with van der Waals surface area (Å²) in [5, 5.41) is 19.0. The molecule has 4 rings (SSSR count). The molecular formula is C15H15F3N8OS. The topological polar surface area (TPSA) is 89.7 Å². The van der Waals surface area contributed by atoms with Crippen LogP contribution in [0.15, 0.2) is 24.3 Å². The minimum Gasteiger partial charge on any atom is -0.378 e. The third-order valence-corrected chi connectivity index (χ3v) is 4.47. The number of tetrazole rings is 1. The van der Waals surface area contributed by atoms with Crippen LogP contribution < -0.4 is 4.90 Å². The predicted octanol–water partition coefficient (Wildman–Crippen LogP) is 1.82. The highest BCUT2D eigenvalue weighted by Crippen LogP contribution is 2.30. The number of rotatable bonds is 4. The number of ether oxygens (including phenoxy) is 1. The van der Waals surface area contributed by atoms with Gasteiger partial charge in [0.15, 0.2) is 10.6 Å². The highest BCUT2D eigenvalue weighted by molar-refractivity contribution is 7.71. The zero-order valence-electron chi connectivity index (χ0n) is 14.4. The number of anilines is 1. The molecule has 1 aliphatic rings. The minimum absolute atomic E-state index is 0.0841. The Hall–Kier alpha value is -2.80. The first-order valence-electron chi connectivity index (χ1n) is 8.36. The van der Waals surface area contributed by atoms with E-state index in [-0.39, 0.29) is 17.0 Å². The van der Waals surface area contributed by atoms with E-state index in [0.29, 0.717) is 38.1 Å². The van der Waals surface area contributed by atoms with Crippen molar-refractivity contribution in [3.63, 3.8) is 0 Å². The first-order chi connectivity index (χ1) is 13.4. The molecule has 1 N–H and O–H groups in total. The molecule has 0 radical (unpaired) electrons. The van der Waals surface area contributed by atoms with Gasteiger partial charge in [0.1, 0.15) is 6.54 Å². The van der Waals surface area contributed by atoms with E-state index >= 15 is 0 Å². The van der Waals surface area contributed by atoms with Crippen LogP contribution >= 0.6 is 12.2 Å². The van der Waals surface area contributed by atoms with Gasteiger partial charge in [-0.15, -0.1) is 5.10 Å². The number of nitrogens with zero attached hydrogens (tertiary/aromatic N) is 7. The SMILES string of the molecule is FC(F)(F)c1cccc(-n2c(Cn3nnc(N4CCOCC4)n3)n[nH]c2=S)c1. The fraction of sp³-hybridized carbons (Fsp3) is 0.400. The average Bonchev–Trinajstić information content (AvgIpc) is 3.29. The fourth-order valence-corrected chi connectivity index (χ4v) is 3.10. The van der Waals surface area contributed by atoms with E-state index in [9.17, 15) is 13.2 Å². The van der Waals surface area contributed by atoms with Crippen LogP contribution in [0.25, 0.3) is 5.69 Å². The van der Waals surface area contributed by atoms with Gasteiger partial charge in [0, 0.05) is 13.1 Å². The molecule has 0 bridgehead atoms. The maximum Gasteiger partial charge on any atom is 0.416 e. The van der Waals surface area contributed by atoms with Crippen LogP contribution in [0, 0.1) is 4.77 Å². The van der Waals surface area contributed by atoms with Gasteiger partial charge in [-0.05, 0) is 35.6 Å². The molecule has 3 heterocycles. The number of benzene rings is 1. The summed E-state index contributed by atoms with van der Waals surface area (Å²) in [5.41, 5.74) is -0.523. The molecule has 1 fully saturated rings. The van der Waals surface area contributed by atoms with E-state index in [1.54, 1.807) is 0 Å². The minimum atomic E-state index is -4.46. The Kier molecular flexibility index (Phi) is 4.85. The number of aromatic amines is 1. The molecule has 28 heavy (non-hydrogen) atoms. The van der Waals surface area contributed by atoms with Crippen LogP contribution in [0.4, 0.5) is 19.1 Å². The number of halogens is 3. The number of nitrogens with one attached hydrogen (secondary N) is 1. The lowest BCUT2D eigenvalue weighted by Gasteiger charge is -2.24. The van der Waals surface area contributed by atoms with E-state index in [1.165, 1.54) is 21.5 Å². The third-order valence-electron chi connectivity index (χ3n) is 4.19. The normalized spacial score (nSPS) is 15.2. The second-order valence-electron chi connectivity index (χ2n) is 6.05. The third kappa shape index (κ3) is 3.75. The predicted molar refractivity (Wildman–Crippen MR) is 93.7 cm³/mol. The van der Waals surface area contributed by atoms with Crippen molar-refractivity contribution in [2.45, 2.75) is 12.7 Å². The van der Waals surface area contributed by atoms with Gasteiger partial charge in [-0.3, -0.25) is 9.67 Å². The van der Waals surface area contributed by atoms with Crippen molar-refractivity contribution < 1.29 is 17.9 Å². The van der Waals surface area contributed by atoms with Crippen LogP contribution in [-0.4, -0.2) is 61.3 Å². The van der Waals surface area contributed by atoms with E-state index in [4.69, 9.17) is 17.0 Å². The van der Waals surface area contributed by atoms with Crippen LogP contribution in [-0.2, 0) is 17.5 Å². The number of alkyl halides is 3. The highest BCUT2D eigenvalue weighted by Gasteiger charge is 2.30. The Morgan fingerprint density at radius 3 is 2.75 bits per heavy atom. The smallest absolute Gasteiger partial charge is 0.378 e. The summed E-state index contributed by atoms with van der Waals surface area (Å²) in [5.74, 6) is 0.818. The van der Waals surface area contributed by atoms with Crippen LogP contribution in [0.1, 0.15) is 11.4 Å². The molecule has 13 heteroatoms. The maximum atomic E-state index is 13.0. The standard InChI is InChI=1S/C15H15F3N8OS/c16-15(17,18)10-2-1-3-11(8-10)26-12(19-21-14(26)28)9-25-22-13(20-23-25)24-4-6-27-7-5-24/h1-3,8H,4-7,9H2,(H,21,28). The van der Waals surface area contributed by atoms with E-state index in [1.807, 2.05) is 4.90 Å². The largest absolute Gasteiger partial charge is 0.416 e. The molecule has 1 saturated heterocycles. The van der Waals surface area contributed by atoms with Crippen molar-refractivity contribution in [1.29, 1.82) is 0 Å². The second kappa shape index (κ2) is 7.31. The van der Waals surface area contributed by atoms with Gasteiger partial charge < -0.3 is 9.64 Å². The van der Waals surface area contributed by atoms with Crippen LogP contribution in [0.3, 0.4) is 0 Å². The summed E-state index contributed by atoms with van der Waals surface area (Å²) in [6.45, 7) is 2.58. The zero-order valence-corrected chi connectivity index (χ0v) is 15.2. The van der Waals surface area contributed by atoms with Gasteiger partial charge in [-0.25, -0.2) is 0 Å². The Morgan fingerprint density at radius 1 is 1.21 bits per heavy atom. The van der Waals surface area contributed by atoms with Crippen LogP contribution in [0.2, 0.25) is 0 Å². The first-order valence-corrected chi connectivity index (χ1v) is 8.77. The Balaban J connectivity index is 1.61. The van der Waals surface area contributed by atoms with Crippen molar-refractivity contribution in [2.24, 2.45) is 0 Å². The molecule has 148 valence electrons. The molecule has 0 unspecified atom stereocenters. The molecule has 0 spiro atoms. The van der Waals surface area contributed by atoms with Gasteiger partial charge in [-0.1, -0.05) is 11.2 Å². The van der Waals surface area contributed by atoms with Gasteiger partial charge in [-0.2, -0.15) is 23.1 Å². The lowest BCUT2D eigenvalue weighted by atomic mass is 10.2. The number of hydrogen-bond donors (Lipinski definition) is 1. The van der Waals surface area contributed by atoms with Crippen molar-refractivity contribution in [2.75, 3.05) is 31.2 Å². The van der Waals surface area contributed by atoms with Crippen LogP contribution in [0.5, 0.6) is 0 Å². The van der Waals surface area contributed by atoms with Crippen molar-refractivity contribution in [1.82, 2.24) is 35.0 Å². The number of hydrogen-bond acceptors (Lipinski definition) is 7. The molecule has 2 aromatic heterocycles. The fourth-order valence-electron chi connectivity index (χ4n) is 2.84. The average molecular weight is 412 g/mol. The van der Waals surface area contributed by atoms with Gasteiger partial charge in [0.2, 0.25) is 0 Å². The summed E-state index contributed by atoms with van der Waals surface area (Å²) in [7, 11) is 0. The first kappa shape index (κ1) is 18.6. The van der Waals surface area contributed by atoms with Gasteiger partial charge in [0.05, 0.1) is 24.5 Å². The molecule has 0 saturated carbocycles. The molecule has 1 aliphatic heterocycles. The summed E-state index contributed by atoms with van der Waals surface area (Å²) in [6.07, 6.45) is -4.46. The number of H-pyrrole nitrogens is 1. The van der Waals surface area contributed by atoms with Crippen molar-refractivity contribution in [3.8, 4) is 5.69 Å². The summed E-state index contributed by atoms with van der Waals surface area (Å²) in [6, 6.07) is 4.86. The summed E-state index contributed by atoms with van der Waals surface area (Å²) in [4.78, 5) is 3.26. The zero-order chi connectivity index (χ0) is 19.7. The van der Waals surface area contributed by atoms with E-state index < -0.39 is 11.7 Å². The lowest BCUT2D eigenvalue weighted by molar-refractivity contribution is -0.137. The van der Waals surface area contributed by atoms with E-state index in [2.05, 4.69) is 25.6 Å². The number of aromatic nitrogens is 7. The molecule has 3 aromatic rings. The lowest BCUT2D eigenvalue weighted by Crippen LogP contribution is -2.37. The Labute approximate surface area is 161 Å². The van der Waals surface area contributed by atoms with Crippen molar-refractivity contribution in [3.05, 3.63) is 40.4 Å².